The maximum absolute atomic E-state index is 13.6. The lowest BCUT2D eigenvalue weighted by molar-refractivity contribution is 0.0204. The molecule has 2 heterocycles. The van der Waals surface area contributed by atoms with E-state index in [1.807, 2.05) is 20.8 Å². The molecular weight excluding hydrogens is 311 g/mol. The van der Waals surface area contributed by atoms with Crippen LogP contribution in [0.1, 0.15) is 50.8 Å². The summed E-state index contributed by atoms with van der Waals surface area (Å²) in [6.07, 6.45) is 2.29. The lowest BCUT2D eigenvalue weighted by Crippen LogP contribution is -2.41. The number of hydrogen-bond acceptors (Lipinski definition) is 4. The van der Waals surface area contributed by atoms with Crippen LogP contribution in [0.25, 0.3) is 5.76 Å². The number of likely N-dealkylation sites (tertiary alicyclic amines) is 1. The normalized spacial score (nSPS) is 16.0. The molecule has 24 heavy (non-hydrogen) atoms. The van der Waals surface area contributed by atoms with Gasteiger partial charge >= 0.3 is 6.09 Å². The molecule has 1 fully saturated rings. The molecular formula is C18H25FN2O3. The number of carbonyl (C=O) groups excluding carboxylic acids is 1. The number of methoxy groups -OCH3 is 1. The lowest BCUT2D eigenvalue weighted by atomic mass is 9.88. The van der Waals surface area contributed by atoms with E-state index in [4.69, 9.17) is 9.47 Å². The van der Waals surface area contributed by atoms with Gasteiger partial charge in [-0.15, -0.1) is 0 Å². The highest BCUT2D eigenvalue weighted by atomic mass is 19.1. The highest BCUT2D eigenvalue weighted by Crippen LogP contribution is 2.33. The molecule has 1 saturated heterocycles. The number of aromatic nitrogens is 1. The third-order valence-corrected chi connectivity index (χ3v) is 3.98. The third kappa shape index (κ3) is 4.46. The van der Waals surface area contributed by atoms with Crippen molar-refractivity contribution < 1.29 is 18.7 Å². The molecule has 6 heteroatoms. The number of piperidine rings is 1. The fourth-order valence-electron chi connectivity index (χ4n) is 2.80. The number of hydrogen-bond donors (Lipinski definition) is 0. The monoisotopic (exact) mass is 336 g/mol. The van der Waals surface area contributed by atoms with Crippen LogP contribution in [0.2, 0.25) is 0 Å². The summed E-state index contributed by atoms with van der Waals surface area (Å²) in [5.74, 6) is 0.139. The van der Waals surface area contributed by atoms with Crippen LogP contribution in [0.5, 0.6) is 0 Å². The molecule has 0 spiro atoms. The van der Waals surface area contributed by atoms with E-state index in [0.29, 0.717) is 37.4 Å². The largest absolute Gasteiger partial charge is 0.495 e. The Labute approximate surface area is 142 Å². The Morgan fingerprint density at radius 1 is 1.38 bits per heavy atom. The van der Waals surface area contributed by atoms with E-state index in [9.17, 15) is 9.18 Å². The van der Waals surface area contributed by atoms with Gasteiger partial charge in [-0.1, -0.05) is 6.58 Å². The maximum atomic E-state index is 13.6. The highest BCUT2D eigenvalue weighted by Gasteiger charge is 2.29. The van der Waals surface area contributed by atoms with Gasteiger partial charge < -0.3 is 14.4 Å². The average Bonchev–Trinajstić information content (AvgIpc) is 2.52. The molecule has 5 nitrogen and oxygen atoms in total. The van der Waals surface area contributed by atoms with Crippen LogP contribution >= 0.6 is 0 Å². The molecule has 1 aliphatic heterocycles. The second kappa shape index (κ2) is 7.20. The fourth-order valence-corrected chi connectivity index (χ4v) is 2.80. The van der Waals surface area contributed by atoms with E-state index < -0.39 is 5.60 Å². The zero-order valence-corrected chi connectivity index (χ0v) is 14.8. The molecule has 0 unspecified atom stereocenters. The van der Waals surface area contributed by atoms with Gasteiger partial charge in [-0.25, -0.2) is 14.2 Å². The smallest absolute Gasteiger partial charge is 0.410 e. The summed E-state index contributed by atoms with van der Waals surface area (Å²) in [5.41, 5.74) is 0.851. The Morgan fingerprint density at radius 3 is 2.54 bits per heavy atom. The first-order valence-corrected chi connectivity index (χ1v) is 8.08. The third-order valence-electron chi connectivity index (χ3n) is 3.98. The van der Waals surface area contributed by atoms with Crippen molar-refractivity contribution in [2.24, 2.45) is 0 Å². The first-order chi connectivity index (χ1) is 11.2. The molecule has 0 aromatic carbocycles. The summed E-state index contributed by atoms with van der Waals surface area (Å²) >= 11 is 0. The van der Waals surface area contributed by atoms with Crippen LogP contribution in [0.4, 0.5) is 9.18 Å². The van der Waals surface area contributed by atoms with Crippen LogP contribution in [-0.2, 0) is 9.47 Å². The molecule has 0 saturated carbocycles. The second-order valence-corrected chi connectivity index (χ2v) is 6.96. The minimum absolute atomic E-state index is 0.105. The van der Waals surface area contributed by atoms with E-state index >= 15 is 0 Å². The number of pyridine rings is 1. The van der Waals surface area contributed by atoms with Gasteiger partial charge in [0.05, 0.1) is 13.3 Å². The van der Waals surface area contributed by atoms with E-state index in [-0.39, 0.29) is 17.8 Å². The van der Waals surface area contributed by atoms with Crippen molar-refractivity contribution in [1.29, 1.82) is 0 Å². The number of carbonyl (C=O) groups is 1. The summed E-state index contributed by atoms with van der Waals surface area (Å²) in [4.78, 5) is 17.9. The Balaban J connectivity index is 2.08. The van der Waals surface area contributed by atoms with Gasteiger partial charge in [-0.3, -0.25) is 0 Å². The fraction of sp³-hybridized carbons (Fsp3) is 0.556. The van der Waals surface area contributed by atoms with Crippen molar-refractivity contribution >= 4 is 11.9 Å². The minimum atomic E-state index is -0.510. The molecule has 1 aliphatic rings. The number of amides is 1. The molecule has 1 aromatic rings. The van der Waals surface area contributed by atoms with Crippen molar-refractivity contribution in [2.75, 3.05) is 20.2 Å². The van der Waals surface area contributed by atoms with Crippen LogP contribution in [0, 0.1) is 5.82 Å². The quantitative estimate of drug-likeness (QED) is 0.784. The zero-order valence-electron chi connectivity index (χ0n) is 14.8. The van der Waals surface area contributed by atoms with Gasteiger partial charge in [0, 0.05) is 13.1 Å². The molecule has 0 atom stereocenters. The SMILES string of the molecule is C=C(OC)c1ncc(F)cc1C1CCN(C(=O)OC(C)(C)C)CC1. The Kier molecular flexibility index (Phi) is 5.47. The van der Waals surface area contributed by atoms with E-state index in [2.05, 4.69) is 11.6 Å². The van der Waals surface area contributed by atoms with Crippen molar-refractivity contribution in [3.63, 3.8) is 0 Å². The second-order valence-electron chi connectivity index (χ2n) is 6.96. The zero-order chi connectivity index (χ0) is 17.9. The van der Waals surface area contributed by atoms with Gasteiger partial charge in [-0.05, 0) is 51.2 Å². The molecule has 0 N–H and O–H groups in total. The molecule has 1 amide bonds. The summed E-state index contributed by atoms with van der Waals surface area (Å²) in [5, 5.41) is 0. The summed E-state index contributed by atoms with van der Waals surface area (Å²) in [7, 11) is 1.52. The number of halogens is 1. The van der Waals surface area contributed by atoms with Crippen LogP contribution in [0.3, 0.4) is 0 Å². The first-order valence-electron chi connectivity index (χ1n) is 8.08. The topological polar surface area (TPSA) is 51.7 Å². The summed E-state index contributed by atoms with van der Waals surface area (Å²) < 4.78 is 24.2. The summed E-state index contributed by atoms with van der Waals surface area (Å²) in [6, 6.07) is 1.49. The van der Waals surface area contributed by atoms with E-state index in [1.54, 1.807) is 4.90 Å². The molecule has 0 aliphatic carbocycles. The van der Waals surface area contributed by atoms with Gasteiger partial charge in [0.1, 0.15) is 22.9 Å². The number of ether oxygens (including phenoxy) is 2. The predicted molar refractivity (Wildman–Crippen MR) is 90.0 cm³/mol. The predicted octanol–water partition coefficient (Wildman–Crippen LogP) is 3.95. The van der Waals surface area contributed by atoms with Crippen molar-refractivity contribution in [1.82, 2.24) is 9.88 Å². The molecule has 1 aromatic heterocycles. The number of rotatable bonds is 3. The van der Waals surface area contributed by atoms with Crippen molar-refractivity contribution in [3.8, 4) is 0 Å². The molecule has 0 radical (unpaired) electrons. The van der Waals surface area contributed by atoms with Gasteiger partial charge in [0.25, 0.3) is 0 Å². The Morgan fingerprint density at radius 2 is 2.00 bits per heavy atom. The molecule has 0 bridgehead atoms. The van der Waals surface area contributed by atoms with Crippen molar-refractivity contribution in [3.05, 3.63) is 35.9 Å². The standard InChI is InChI=1S/C18H25FN2O3/c1-12(23-5)16-15(10-14(19)11-20-16)13-6-8-21(9-7-13)17(22)24-18(2,3)4/h10-11,13H,1,6-9H2,2-5H3. The van der Waals surface area contributed by atoms with Crippen LogP contribution in [-0.4, -0.2) is 41.8 Å². The lowest BCUT2D eigenvalue weighted by Gasteiger charge is -2.34. The average molecular weight is 336 g/mol. The maximum Gasteiger partial charge on any atom is 0.410 e. The van der Waals surface area contributed by atoms with E-state index in [0.717, 1.165) is 5.56 Å². The Bertz CT molecular complexity index is 617. The molecule has 132 valence electrons. The summed E-state index contributed by atoms with van der Waals surface area (Å²) in [6.45, 7) is 10.5. The first kappa shape index (κ1) is 18.2. The van der Waals surface area contributed by atoms with Gasteiger partial charge in [0.15, 0.2) is 0 Å². The van der Waals surface area contributed by atoms with Crippen LogP contribution < -0.4 is 0 Å². The van der Waals surface area contributed by atoms with Gasteiger partial charge in [-0.2, -0.15) is 0 Å². The molecule has 2 rings (SSSR count). The number of nitrogens with zero attached hydrogens (tertiary/aromatic N) is 2. The van der Waals surface area contributed by atoms with Crippen molar-refractivity contribution in [2.45, 2.75) is 45.1 Å². The van der Waals surface area contributed by atoms with E-state index in [1.165, 1.54) is 19.4 Å². The Hall–Kier alpha value is -2.11. The van der Waals surface area contributed by atoms with Crippen LogP contribution in [0.15, 0.2) is 18.8 Å². The van der Waals surface area contributed by atoms with Gasteiger partial charge in [0.2, 0.25) is 0 Å². The minimum Gasteiger partial charge on any atom is -0.495 e. The highest BCUT2D eigenvalue weighted by molar-refractivity contribution is 5.68.